The van der Waals surface area contributed by atoms with Crippen molar-refractivity contribution in [2.24, 2.45) is 0 Å². The zero-order valence-electron chi connectivity index (χ0n) is 10.8. The van der Waals surface area contributed by atoms with Crippen molar-refractivity contribution in [2.75, 3.05) is 11.1 Å². The van der Waals surface area contributed by atoms with E-state index in [1.807, 2.05) is 12.1 Å². The van der Waals surface area contributed by atoms with Crippen LogP contribution in [0.4, 0.5) is 17.3 Å². The van der Waals surface area contributed by atoms with Gasteiger partial charge in [-0.25, -0.2) is 9.97 Å². The molecule has 3 aromatic rings. The molecule has 0 aliphatic rings. The molecular formula is C14H9N7. The number of nitriles is 2. The van der Waals surface area contributed by atoms with E-state index in [1.165, 1.54) is 0 Å². The van der Waals surface area contributed by atoms with Crippen LogP contribution >= 0.6 is 0 Å². The number of nitrogens with one attached hydrogen (secondary N) is 1. The monoisotopic (exact) mass is 275 g/mol. The summed E-state index contributed by atoms with van der Waals surface area (Å²) in [6.07, 6.45) is 5.06. The fraction of sp³-hybridized carbons (Fsp3) is 0. The summed E-state index contributed by atoms with van der Waals surface area (Å²) in [5.74, 6) is 0.825. The summed E-state index contributed by atoms with van der Waals surface area (Å²) in [6.45, 7) is 0. The highest BCUT2D eigenvalue weighted by molar-refractivity contribution is 5.72. The van der Waals surface area contributed by atoms with E-state index in [0.717, 1.165) is 0 Å². The minimum Gasteiger partial charge on any atom is -0.382 e. The van der Waals surface area contributed by atoms with Crippen LogP contribution in [0.15, 0.2) is 36.8 Å². The smallest absolute Gasteiger partial charge is 0.180 e. The Kier molecular flexibility index (Phi) is 2.87. The zero-order chi connectivity index (χ0) is 14.8. The third-order valence-electron chi connectivity index (χ3n) is 2.92. The van der Waals surface area contributed by atoms with Crippen LogP contribution < -0.4 is 11.1 Å². The molecule has 0 unspecified atom stereocenters. The minimum atomic E-state index is 0.297. The Hall–Kier alpha value is -3.58. The van der Waals surface area contributed by atoms with E-state index >= 15 is 0 Å². The van der Waals surface area contributed by atoms with Gasteiger partial charge in [-0.2, -0.15) is 10.5 Å². The molecule has 21 heavy (non-hydrogen) atoms. The van der Waals surface area contributed by atoms with Gasteiger partial charge < -0.3 is 15.5 Å². The van der Waals surface area contributed by atoms with Crippen LogP contribution in [0.3, 0.4) is 0 Å². The fourth-order valence-corrected chi connectivity index (χ4v) is 1.98. The van der Waals surface area contributed by atoms with Crippen molar-refractivity contribution >= 4 is 23.0 Å². The number of hydrogen-bond donors (Lipinski definition) is 2. The van der Waals surface area contributed by atoms with Gasteiger partial charge in [-0.3, -0.25) is 0 Å². The van der Waals surface area contributed by atoms with Crippen LogP contribution in [0.2, 0.25) is 0 Å². The van der Waals surface area contributed by atoms with Gasteiger partial charge in [-0.1, -0.05) is 0 Å². The van der Waals surface area contributed by atoms with Gasteiger partial charge in [0.15, 0.2) is 11.5 Å². The lowest BCUT2D eigenvalue weighted by Crippen LogP contribution is -2.02. The molecule has 1 aromatic carbocycles. The Morgan fingerprint density at radius 3 is 2.76 bits per heavy atom. The number of fused-ring (bicyclic) bond motifs is 1. The molecule has 2 heterocycles. The molecular weight excluding hydrogens is 266 g/mol. The highest BCUT2D eigenvalue weighted by Gasteiger charge is 2.08. The second-order valence-electron chi connectivity index (χ2n) is 4.28. The Labute approximate surface area is 119 Å². The number of hydrogen-bond acceptors (Lipinski definition) is 6. The third kappa shape index (κ3) is 2.20. The molecule has 7 nitrogen and oxygen atoms in total. The summed E-state index contributed by atoms with van der Waals surface area (Å²) in [6, 6.07) is 8.82. The standard InChI is InChI=1S/C14H9N7/c15-6-9-1-2-11(5-10(9)7-16)19-13-14-18-3-4-21(14)8-12(17)20-13/h1-5,8H,17H2,(H,19,20). The van der Waals surface area contributed by atoms with E-state index in [1.54, 1.807) is 41.2 Å². The highest BCUT2D eigenvalue weighted by Crippen LogP contribution is 2.22. The summed E-state index contributed by atoms with van der Waals surface area (Å²) < 4.78 is 1.75. The summed E-state index contributed by atoms with van der Waals surface area (Å²) in [4.78, 5) is 8.40. The van der Waals surface area contributed by atoms with Crippen LogP contribution in [0.1, 0.15) is 11.1 Å². The quantitative estimate of drug-likeness (QED) is 0.736. The molecule has 3 rings (SSSR count). The zero-order valence-corrected chi connectivity index (χ0v) is 10.8. The number of nitrogens with two attached hydrogens (primary N) is 1. The summed E-state index contributed by atoms with van der Waals surface area (Å²) in [5.41, 5.74) is 7.62. The maximum Gasteiger partial charge on any atom is 0.180 e. The Morgan fingerprint density at radius 2 is 2.00 bits per heavy atom. The van der Waals surface area contributed by atoms with Crippen molar-refractivity contribution in [3.63, 3.8) is 0 Å². The van der Waals surface area contributed by atoms with E-state index in [0.29, 0.717) is 34.1 Å². The van der Waals surface area contributed by atoms with E-state index in [4.69, 9.17) is 16.3 Å². The van der Waals surface area contributed by atoms with Crippen molar-refractivity contribution in [2.45, 2.75) is 0 Å². The number of aromatic nitrogens is 3. The van der Waals surface area contributed by atoms with Gasteiger partial charge in [0, 0.05) is 18.1 Å². The number of benzene rings is 1. The number of rotatable bonds is 2. The molecule has 0 amide bonds. The van der Waals surface area contributed by atoms with Gasteiger partial charge in [0.05, 0.1) is 17.3 Å². The normalized spacial score (nSPS) is 10.0. The van der Waals surface area contributed by atoms with E-state index in [2.05, 4.69) is 15.3 Å². The first-order valence-corrected chi connectivity index (χ1v) is 6.01. The van der Waals surface area contributed by atoms with Gasteiger partial charge in [-0.05, 0) is 18.2 Å². The number of imidazole rings is 1. The molecule has 2 aromatic heterocycles. The van der Waals surface area contributed by atoms with Crippen molar-refractivity contribution < 1.29 is 0 Å². The summed E-state index contributed by atoms with van der Waals surface area (Å²) >= 11 is 0. The Morgan fingerprint density at radius 1 is 1.19 bits per heavy atom. The van der Waals surface area contributed by atoms with Crippen LogP contribution in [0.5, 0.6) is 0 Å². The average molecular weight is 275 g/mol. The molecule has 100 valence electrons. The number of nitrogens with zero attached hydrogens (tertiary/aromatic N) is 5. The van der Waals surface area contributed by atoms with Crippen LogP contribution in [0.25, 0.3) is 5.65 Å². The van der Waals surface area contributed by atoms with Crippen molar-refractivity contribution in [3.8, 4) is 12.1 Å². The van der Waals surface area contributed by atoms with Crippen molar-refractivity contribution in [1.29, 1.82) is 10.5 Å². The molecule has 0 bridgehead atoms. The number of nitrogen functional groups attached to an aromatic ring is 1. The van der Waals surface area contributed by atoms with Gasteiger partial charge in [-0.15, -0.1) is 0 Å². The lowest BCUT2D eigenvalue weighted by molar-refractivity contribution is 1.14. The molecule has 0 aliphatic carbocycles. The molecule has 0 radical (unpaired) electrons. The first kappa shape index (κ1) is 12.5. The van der Waals surface area contributed by atoms with Gasteiger partial charge in [0.25, 0.3) is 0 Å². The third-order valence-corrected chi connectivity index (χ3v) is 2.92. The largest absolute Gasteiger partial charge is 0.382 e. The SMILES string of the molecule is N#Cc1ccc(Nc2nc(N)cn3ccnc23)cc1C#N. The molecule has 0 spiro atoms. The predicted molar refractivity (Wildman–Crippen MR) is 76.6 cm³/mol. The van der Waals surface area contributed by atoms with Gasteiger partial charge >= 0.3 is 0 Å². The van der Waals surface area contributed by atoms with E-state index < -0.39 is 0 Å². The molecule has 0 saturated heterocycles. The first-order chi connectivity index (χ1) is 10.2. The summed E-state index contributed by atoms with van der Waals surface area (Å²) in [5, 5.41) is 21.0. The minimum absolute atomic E-state index is 0.297. The lowest BCUT2D eigenvalue weighted by Gasteiger charge is -2.08. The first-order valence-electron chi connectivity index (χ1n) is 6.01. The van der Waals surface area contributed by atoms with Crippen LogP contribution in [0, 0.1) is 22.7 Å². The summed E-state index contributed by atoms with van der Waals surface area (Å²) in [7, 11) is 0. The van der Waals surface area contributed by atoms with Crippen LogP contribution in [-0.2, 0) is 0 Å². The van der Waals surface area contributed by atoms with Crippen molar-refractivity contribution in [1.82, 2.24) is 14.4 Å². The molecule has 7 heteroatoms. The Balaban J connectivity index is 2.05. The number of anilines is 3. The highest BCUT2D eigenvalue weighted by atomic mass is 15.1. The fourth-order valence-electron chi connectivity index (χ4n) is 1.98. The predicted octanol–water partition coefficient (Wildman–Crippen LogP) is 1.80. The molecule has 0 saturated carbocycles. The topological polar surface area (TPSA) is 116 Å². The van der Waals surface area contributed by atoms with Gasteiger partial charge in [0.1, 0.15) is 18.0 Å². The van der Waals surface area contributed by atoms with E-state index in [9.17, 15) is 0 Å². The second kappa shape index (κ2) is 4.83. The maximum absolute atomic E-state index is 9.04. The molecule has 0 fully saturated rings. The Bertz CT molecular complexity index is 911. The van der Waals surface area contributed by atoms with Gasteiger partial charge in [0.2, 0.25) is 0 Å². The lowest BCUT2D eigenvalue weighted by atomic mass is 10.1. The molecule has 3 N–H and O–H groups in total. The van der Waals surface area contributed by atoms with Crippen molar-refractivity contribution in [3.05, 3.63) is 47.9 Å². The van der Waals surface area contributed by atoms with E-state index in [-0.39, 0.29) is 0 Å². The second-order valence-corrected chi connectivity index (χ2v) is 4.28. The average Bonchev–Trinajstić information content (AvgIpc) is 2.95. The molecule has 0 aliphatic heterocycles. The molecule has 0 atom stereocenters. The maximum atomic E-state index is 9.04. The van der Waals surface area contributed by atoms with Crippen LogP contribution in [-0.4, -0.2) is 14.4 Å².